The highest BCUT2D eigenvalue weighted by molar-refractivity contribution is 6.31. The summed E-state index contributed by atoms with van der Waals surface area (Å²) in [5.74, 6) is 1.23. The fourth-order valence-corrected chi connectivity index (χ4v) is 1.89. The van der Waals surface area contributed by atoms with Gasteiger partial charge in [-0.3, -0.25) is 0 Å². The van der Waals surface area contributed by atoms with E-state index in [1.807, 2.05) is 31.2 Å². The number of hydrogen-bond donors (Lipinski definition) is 1. The third kappa shape index (κ3) is 3.05. The maximum atomic E-state index is 6.12. The van der Waals surface area contributed by atoms with Crippen LogP contribution in [0.2, 0.25) is 5.02 Å². The van der Waals surface area contributed by atoms with E-state index in [-0.39, 0.29) is 6.04 Å². The molecule has 2 aromatic rings. The molecule has 90 valence electrons. The van der Waals surface area contributed by atoms with Crippen molar-refractivity contribution in [3.63, 3.8) is 0 Å². The lowest BCUT2D eigenvalue weighted by Crippen LogP contribution is -2.19. The monoisotopic (exact) mass is 251 g/mol. The van der Waals surface area contributed by atoms with Crippen LogP contribution in [0.25, 0.3) is 0 Å². The molecule has 1 heterocycles. The van der Waals surface area contributed by atoms with Crippen molar-refractivity contribution in [3.05, 3.63) is 46.6 Å². The van der Waals surface area contributed by atoms with Crippen LogP contribution in [0.1, 0.15) is 30.2 Å². The fourth-order valence-electron chi connectivity index (χ4n) is 1.59. The van der Waals surface area contributed by atoms with Crippen LogP contribution in [0.3, 0.4) is 0 Å². The van der Waals surface area contributed by atoms with Crippen LogP contribution in [-0.2, 0) is 6.54 Å². The molecule has 0 spiro atoms. The van der Waals surface area contributed by atoms with E-state index in [0.29, 0.717) is 18.3 Å². The van der Waals surface area contributed by atoms with Gasteiger partial charge in [0, 0.05) is 18.0 Å². The lowest BCUT2D eigenvalue weighted by Gasteiger charge is -2.14. The van der Waals surface area contributed by atoms with Crippen molar-refractivity contribution in [2.75, 3.05) is 0 Å². The molecule has 0 unspecified atom stereocenters. The summed E-state index contributed by atoms with van der Waals surface area (Å²) in [4.78, 5) is 4.13. The van der Waals surface area contributed by atoms with Gasteiger partial charge in [0.15, 0.2) is 5.82 Å². The van der Waals surface area contributed by atoms with Crippen LogP contribution in [0.4, 0.5) is 0 Å². The molecule has 0 radical (unpaired) electrons. The van der Waals surface area contributed by atoms with Crippen molar-refractivity contribution in [2.45, 2.75) is 26.4 Å². The van der Waals surface area contributed by atoms with E-state index in [2.05, 4.69) is 15.5 Å². The van der Waals surface area contributed by atoms with E-state index in [1.54, 1.807) is 6.92 Å². The first-order chi connectivity index (χ1) is 8.16. The van der Waals surface area contributed by atoms with Gasteiger partial charge in [-0.05, 0) is 18.6 Å². The number of hydrogen-bond acceptors (Lipinski definition) is 4. The molecule has 0 aliphatic rings. The Morgan fingerprint density at radius 2 is 2.18 bits per heavy atom. The summed E-state index contributed by atoms with van der Waals surface area (Å²) < 4.78 is 4.90. The van der Waals surface area contributed by atoms with E-state index in [9.17, 15) is 0 Å². The summed E-state index contributed by atoms with van der Waals surface area (Å²) in [6, 6.07) is 7.91. The molecule has 0 bridgehead atoms. The maximum Gasteiger partial charge on any atom is 0.223 e. The lowest BCUT2D eigenvalue weighted by atomic mass is 10.1. The van der Waals surface area contributed by atoms with Crippen LogP contribution in [0.5, 0.6) is 0 Å². The molecular formula is C12H14ClN3O. The predicted octanol–water partition coefficient (Wildman–Crippen LogP) is 2.88. The summed E-state index contributed by atoms with van der Waals surface area (Å²) in [5, 5.41) is 7.88. The molecular weight excluding hydrogens is 238 g/mol. The summed E-state index contributed by atoms with van der Waals surface area (Å²) in [6.07, 6.45) is 0. The first-order valence-corrected chi connectivity index (χ1v) is 5.81. The van der Waals surface area contributed by atoms with Crippen molar-refractivity contribution in [1.29, 1.82) is 0 Å². The molecule has 0 saturated heterocycles. The summed E-state index contributed by atoms with van der Waals surface area (Å²) in [7, 11) is 0. The Kier molecular flexibility index (Phi) is 3.76. The Bertz CT molecular complexity index is 498. The van der Waals surface area contributed by atoms with Crippen LogP contribution in [-0.4, -0.2) is 10.1 Å². The Labute approximate surface area is 105 Å². The van der Waals surface area contributed by atoms with Crippen molar-refractivity contribution in [3.8, 4) is 0 Å². The molecule has 1 atom stereocenters. The van der Waals surface area contributed by atoms with Crippen LogP contribution in [0.15, 0.2) is 28.8 Å². The van der Waals surface area contributed by atoms with Gasteiger partial charge in [0.2, 0.25) is 5.89 Å². The van der Waals surface area contributed by atoms with Gasteiger partial charge in [-0.2, -0.15) is 4.98 Å². The van der Waals surface area contributed by atoms with Crippen LogP contribution < -0.4 is 5.32 Å². The zero-order valence-corrected chi connectivity index (χ0v) is 10.5. The minimum absolute atomic E-state index is 0.141. The van der Waals surface area contributed by atoms with E-state index in [4.69, 9.17) is 16.1 Å². The third-order valence-electron chi connectivity index (χ3n) is 2.51. The molecule has 2 rings (SSSR count). The molecule has 4 nitrogen and oxygen atoms in total. The first-order valence-electron chi connectivity index (χ1n) is 5.44. The van der Waals surface area contributed by atoms with Crippen molar-refractivity contribution in [1.82, 2.24) is 15.5 Å². The highest BCUT2D eigenvalue weighted by atomic mass is 35.5. The third-order valence-corrected chi connectivity index (χ3v) is 2.85. The van der Waals surface area contributed by atoms with Gasteiger partial charge in [-0.15, -0.1) is 0 Å². The summed E-state index contributed by atoms with van der Waals surface area (Å²) >= 11 is 6.12. The molecule has 5 heteroatoms. The molecule has 0 amide bonds. The van der Waals surface area contributed by atoms with Crippen molar-refractivity contribution < 1.29 is 4.52 Å². The zero-order valence-electron chi connectivity index (χ0n) is 9.77. The minimum Gasteiger partial charge on any atom is -0.340 e. The van der Waals surface area contributed by atoms with Gasteiger partial charge in [0.1, 0.15) is 0 Å². The average molecular weight is 252 g/mol. The van der Waals surface area contributed by atoms with Crippen molar-refractivity contribution in [2.24, 2.45) is 0 Å². The van der Waals surface area contributed by atoms with Crippen molar-refractivity contribution >= 4 is 11.6 Å². The predicted molar refractivity (Wildman–Crippen MR) is 65.7 cm³/mol. The molecule has 0 fully saturated rings. The fraction of sp³-hybridized carbons (Fsp3) is 0.333. The van der Waals surface area contributed by atoms with E-state index < -0.39 is 0 Å². The van der Waals surface area contributed by atoms with Gasteiger partial charge >= 0.3 is 0 Å². The Hall–Kier alpha value is -1.39. The molecule has 0 aliphatic carbocycles. The number of nitrogens with zero attached hydrogens (tertiary/aromatic N) is 2. The van der Waals surface area contributed by atoms with E-state index in [1.165, 1.54) is 0 Å². The summed E-state index contributed by atoms with van der Waals surface area (Å²) in [5.41, 5.74) is 1.06. The molecule has 0 aliphatic heterocycles. The maximum absolute atomic E-state index is 6.12. The largest absolute Gasteiger partial charge is 0.340 e. The summed E-state index contributed by atoms with van der Waals surface area (Å²) in [6.45, 7) is 4.38. The molecule has 17 heavy (non-hydrogen) atoms. The second kappa shape index (κ2) is 5.29. The second-order valence-corrected chi connectivity index (χ2v) is 4.26. The second-order valence-electron chi connectivity index (χ2n) is 3.85. The highest BCUT2D eigenvalue weighted by Gasteiger charge is 2.10. The zero-order chi connectivity index (χ0) is 12.3. The molecule has 1 aromatic carbocycles. The van der Waals surface area contributed by atoms with Crippen LogP contribution >= 0.6 is 11.6 Å². The Morgan fingerprint density at radius 1 is 1.41 bits per heavy atom. The molecule has 0 saturated carbocycles. The quantitative estimate of drug-likeness (QED) is 0.908. The normalized spacial score (nSPS) is 12.6. The number of aryl methyl sites for hydroxylation is 1. The van der Waals surface area contributed by atoms with Gasteiger partial charge in [-0.25, -0.2) is 0 Å². The standard InChI is InChI=1S/C12H14ClN3O/c1-8(10-5-3-4-6-11(10)13)14-7-12-15-9(2)17-16-12/h3-6,8,14H,7H2,1-2H3/t8-/m0/s1. The number of aromatic nitrogens is 2. The van der Waals surface area contributed by atoms with E-state index >= 15 is 0 Å². The SMILES string of the molecule is Cc1nc(CN[C@@H](C)c2ccccc2Cl)no1. The molecule has 1 aromatic heterocycles. The van der Waals surface area contributed by atoms with Gasteiger partial charge < -0.3 is 9.84 Å². The Balaban J connectivity index is 1.98. The number of benzene rings is 1. The van der Waals surface area contributed by atoms with Crippen LogP contribution in [0, 0.1) is 6.92 Å². The smallest absolute Gasteiger partial charge is 0.223 e. The number of halogens is 1. The topological polar surface area (TPSA) is 51.0 Å². The number of nitrogens with one attached hydrogen (secondary N) is 1. The van der Waals surface area contributed by atoms with E-state index in [0.717, 1.165) is 10.6 Å². The Morgan fingerprint density at radius 3 is 2.82 bits per heavy atom. The van der Waals surface area contributed by atoms with Gasteiger partial charge in [-0.1, -0.05) is 35.0 Å². The lowest BCUT2D eigenvalue weighted by molar-refractivity contribution is 0.384. The highest BCUT2D eigenvalue weighted by Crippen LogP contribution is 2.22. The first kappa shape index (κ1) is 12.1. The van der Waals surface area contributed by atoms with Gasteiger partial charge in [0.25, 0.3) is 0 Å². The molecule has 1 N–H and O–H groups in total. The minimum atomic E-state index is 0.141. The average Bonchev–Trinajstić information content (AvgIpc) is 2.73. The van der Waals surface area contributed by atoms with Gasteiger partial charge in [0.05, 0.1) is 6.54 Å². The number of rotatable bonds is 4.